The Morgan fingerprint density at radius 1 is 1.20 bits per heavy atom. The van der Waals surface area contributed by atoms with Crippen LogP contribution in [0.1, 0.15) is 43.7 Å². The maximum absolute atomic E-state index is 6.41. The second-order valence-electron chi connectivity index (χ2n) is 5.29. The highest BCUT2D eigenvalue weighted by atomic mass is 14.9. The van der Waals surface area contributed by atoms with Crippen LogP contribution in [0.15, 0.2) is 24.3 Å². The first kappa shape index (κ1) is 9.41. The van der Waals surface area contributed by atoms with Crippen molar-refractivity contribution >= 4 is 0 Å². The standard InChI is InChI=1S/C14H19N/c1-2-11-4-3-5-12(10-11)13(6-7-13)14(15)8-9-14/h3-5,10H,2,6-9,15H2,1H3. The Hall–Kier alpha value is -0.820. The van der Waals surface area contributed by atoms with Crippen LogP contribution in [0.3, 0.4) is 0 Å². The molecule has 0 spiro atoms. The Bertz CT molecular complexity index is 386. The van der Waals surface area contributed by atoms with Gasteiger partial charge in [-0.25, -0.2) is 0 Å². The molecule has 0 radical (unpaired) electrons. The number of hydrogen-bond donors (Lipinski definition) is 1. The summed E-state index contributed by atoms with van der Waals surface area (Å²) < 4.78 is 0. The molecule has 3 rings (SSSR count). The summed E-state index contributed by atoms with van der Waals surface area (Å²) in [5.74, 6) is 0. The molecule has 0 heterocycles. The van der Waals surface area contributed by atoms with Gasteiger partial charge in [-0.15, -0.1) is 0 Å². The molecule has 15 heavy (non-hydrogen) atoms. The Kier molecular flexibility index (Phi) is 1.79. The minimum atomic E-state index is 0.152. The second-order valence-corrected chi connectivity index (χ2v) is 5.29. The summed E-state index contributed by atoms with van der Waals surface area (Å²) >= 11 is 0. The predicted octanol–water partition coefficient (Wildman–Crippen LogP) is 2.77. The highest BCUT2D eigenvalue weighted by Gasteiger charge is 2.63. The van der Waals surface area contributed by atoms with Gasteiger partial charge in [-0.3, -0.25) is 0 Å². The molecular weight excluding hydrogens is 182 g/mol. The van der Waals surface area contributed by atoms with Gasteiger partial charge in [0.2, 0.25) is 0 Å². The van der Waals surface area contributed by atoms with Crippen molar-refractivity contribution in [2.45, 2.75) is 50.0 Å². The maximum atomic E-state index is 6.41. The van der Waals surface area contributed by atoms with E-state index in [1.807, 2.05) is 0 Å². The van der Waals surface area contributed by atoms with E-state index in [0.29, 0.717) is 5.41 Å². The number of rotatable bonds is 3. The Labute approximate surface area is 91.7 Å². The van der Waals surface area contributed by atoms with Crippen molar-refractivity contribution in [2.75, 3.05) is 0 Å². The Balaban J connectivity index is 1.98. The summed E-state index contributed by atoms with van der Waals surface area (Å²) in [7, 11) is 0. The van der Waals surface area contributed by atoms with Crippen LogP contribution in [0, 0.1) is 0 Å². The number of hydrogen-bond acceptors (Lipinski definition) is 1. The van der Waals surface area contributed by atoms with Gasteiger partial charge in [-0.2, -0.15) is 0 Å². The van der Waals surface area contributed by atoms with Gasteiger partial charge in [-0.05, 0) is 43.2 Å². The van der Waals surface area contributed by atoms with Gasteiger partial charge in [0, 0.05) is 11.0 Å². The molecule has 0 saturated heterocycles. The van der Waals surface area contributed by atoms with Gasteiger partial charge >= 0.3 is 0 Å². The maximum Gasteiger partial charge on any atom is 0.0253 e. The van der Waals surface area contributed by atoms with Crippen molar-refractivity contribution in [3.63, 3.8) is 0 Å². The van der Waals surface area contributed by atoms with Crippen molar-refractivity contribution in [2.24, 2.45) is 5.73 Å². The first-order valence-electron chi connectivity index (χ1n) is 6.08. The first-order chi connectivity index (χ1) is 7.20. The SMILES string of the molecule is CCc1cccc(C2(C3(N)CC3)CC2)c1. The number of nitrogens with two attached hydrogens (primary N) is 1. The minimum Gasteiger partial charge on any atom is -0.324 e. The summed E-state index contributed by atoms with van der Waals surface area (Å²) in [6.45, 7) is 2.22. The normalized spacial score (nSPS) is 24.9. The fourth-order valence-corrected chi connectivity index (χ4v) is 2.90. The van der Waals surface area contributed by atoms with Crippen LogP contribution < -0.4 is 5.73 Å². The zero-order valence-electron chi connectivity index (χ0n) is 9.42. The van der Waals surface area contributed by atoms with Crippen molar-refractivity contribution in [1.82, 2.24) is 0 Å². The highest BCUT2D eigenvalue weighted by molar-refractivity contribution is 5.42. The van der Waals surface area contributed by atoms with Gasteiger partial charge < -0.3 is 5.73 Å². The van der Waals surface area contributed by atoms with Crippen LogP contribution in [-0.2, 0) is 11.8 Å². The van der Waals surface area contributed by atoms with E-state index in [9.17, 15) is 0 Å². The van der Waals surface area contributed by atoms with Crippen molar-refractivity contribution < 1.29 is 0 Å². The van der Waals surface area contributed by atoms with E-state index in [-0.39, 0.29) is 5.54 Å². The fourth-order valence-electron chi connectivity index (χ4n) is 2.90. The summed E-state index contributed by atoms with van der Waals surface area (Å²) in [6.07, 6.45) is 6.18. The van der Waals surface area contributed by atoms with Gasteiger partial charge in [0.15, 0.2) is 0 Å². The van der Waals surface area contributed by atoms with E-state index in [2.05, 4.69) is 31.2 Å². The minimum absolute atomic E-state index is 0.152. The third-order valence-electron chi connectivity index (χ3n) is 4.38. The van der Waals surface area contributed by atoms with Crippen LogP contribution in [0.2, 0.25) is 0 Å². The molecule has 0 aliphatic heterocycles. The lowest BCUT2D eigenvalue weighted by molar-refractivity contribution is 0.503. The highest BCUT2D eigenvalue weighted by Crippen LogP contribution is 2.63. The molecule has 2 saturated carbocycles. The summed E-state index contributed by atoms with van der Waals surface area (Å²) in [5.41, 5.74) is 9.87. The molecule has 2 N–H and O–H groups in total. The summed E-state index contributed by atoms with van der Waals surface area (Å²) in [5, 5.41) is 0. The van der Waals surface area contributed by atoms with Crippen molar-refractivity contribution in [3.05, 3.63) is 35.4 Å². The lowest BCUT2D eigenvalue weighted by Crippen LogP contribution is -2.37. The van der Waals surface area contributed by atoms with Gasteiger partial charge in [-0.1, -0.05) is 31.2 Å². The third-order valence-corrected chi connectivity index (χ3v) is 4.38. The van der Waals surface area contributed by atoms with E-state index in [1.165, 1.54) is 36.8 Å². The first-order valence-corrected chi connectivity index (χ1v) is 6.08. The summed E-state index contributed by atoms with van der Waals surface area (Å²) in [6, 6.07) is 9.06. The average molecular weight is 201 g/mol. The molecule has 1 aromatic carbocycles. The quantitative estimate of drug-likeness (QED) is 0.799. The number of benzene rings is 1. The zero-order valence-corrected chi connectivity index (χ0v) is 9.42. The molecule has 1 aromatic rings. The molecule has 1 heteroatoms. The topological polar surface area (TPSA) is 26.0 Å². The molecule has 2 aliphatic rings. The van der Waals surface area contributed by atoms with Gasteiger partial charge in [0.25, 0.3) is 0 Å². The van der Waals surface area contributed by atoms with Crippen LogP contribution in [0.4, 0.5) is 0 Å². The van der Waals surface area contributed by atoms with E-state index < -0.39 is 0 Å². The van der Waals surface area contributed by atoms with Gasteiger partial charge in [0.05, 0.1) is 0 Å². The molecular formula is C14H19N. The third kappa shape index (κ3) is 1.26. The molecule has 80 valence electrons. The van der Waals surface area contributed by atoms with Crippen LogP contribution in [-0.4, -0.2) is 5.54 Å². The van der Waals surface area contributed by atoms with Crippen LogP contribution in [0.5, 0.6) is 0 Å². The second kappa shape index (κ2) is 2.85. The Morgan fingerprint density at radius 2 is 1.93 bits per heavy atom. The van der Waals surface area contributed by atoms with Gasteiger partial charge in [0.1, 0.15) is 0 Å². The lowest BCUT2D eigenvalue weighted by Gasteiger charge is -2.23. The molecule has 0 atom stereocenters. The molecule has 0 aromatic heterocycles. The van der Waals surface area contributed by atoms with E-state index in [1.54, 1.807) is 0 Å². The summed E-state index contributed by atoms with van der Waals surface area (Å²) in [4.78, 5) is 0. The fraction of sp³-hybridized carbons (Fsp3) is 0.571. The monoisotopic (exact) mass is 201 g/mol. The Morgan fingerprint density at radius 3 is 2.47 bits per heavy atom. The van der Waals surface area contributed by atoms with Crippen molar-refractivity contribution in [3.8, 4) is 0 Å². The predicted molar refractivity (Wildman–Crippen MR) is 62.9 cm³/mol. The molecule has 2 aliphatic carbocycles. The molecule has 0 unspecified atom stereocenters. The van der Waals surface area contributed by atoms with Crippen LogP contribution >= 0.6 is 0 Å². The smallest absolute Gasteiger partial charge is 0.0253 e. The van der Waals surface area contributed by atoms with Crippen LogP contribution in [0.25, 0.3) is 0 Å². The molecule has 0 amide bonds. The molecule has 0 bridgehead atoms. The molecule has 1 nitrogen and oxygen atoms in total. The average Bonchev–Trinajstić information content (AvgIpc) is 3.13. The van der Waals surface area contributed by atoms with E-state index in [4.69, 9.17) is 5.73 Å². The zero-order chi connectivity index (χ0) is 10.5. The van der Waals surface area contributed by atoms with Crippen molar-refractivity contribution in [1.29, 1.82) is 0 Å². The largest absolute Gasteiger partial charge is 0.324 e. The number of aryl methyl sites for hydroxylation is 1. The van der Waals surface area contributed by atoms with E-state index in [0.717, 1.165) is 6.42 Å². The lowest BCUT2D eigenvalue weighted by atomic mass is 9.85. The molecule has 2 fully saturated rings. The van der Waals surface area contributed by atoms with E-state index >= 15 is 0 Å².